The van der Waals surface area contributed by atoms with Crippen molar-refractivity contribution in [2.75, 3.05) is 6.54 Å². The van der Waals surface area contributed by atoms with Crippen molar-refractivity contribution < 1.29 is 9.59 Å². The highest BCUT2D eigenvalue weighted by Gasteiger charge is 2.07. The number of carbonyl (C=O) groups is 2. The Morgan fingerprint density at radius 1 is 0.523 bits per heavy atom. The van der Waals surface area contributed by atoms with Gasteiger partial charge in [0, 0.05) is 25.4 Å². The maximum absolute atomic E-state index is 12.2. The van der Waals surface area contributed by atoms with E-state index in [0.29, 0.717) is 12.8 Å². The lowest BCUT2D eigenvalue weighted by molar-refractivity contribution is -0.122. The van der Waals surface area contributed by atoms with Crippen LogP contribution in [-0.2, 0) is 9.59 Å². The normalized spacial score (nSPS) is 12.5. The highest BCUT2D eigenvalue weighted by molar-refractivity contribution is 5.76. The van der Waals surface area contributed by atoms with E-state index in [4.69, 9.17) is 0 Å². The monoisotopic (exact) mass is 615 g/mol. The Bertz CT molecular complexity index is 712. The molecular formula is C40H74N2O2. The molecule has 0 aromatic carbocycles. The fourth-order valence-corrected chi connectivity index (χ4v) is 5.52. The first-order chi connectivity index (χ1) is 21.6. The smallest absolute Gasteiger partial charge is 0.220 e. The van der Waals surface area contributed by atoms with Crippen molar-refractivity contribution in [2.24, 2.45) is 0 Å². The maximum Gasteiger partial charge on any atom is 0.220 e. The predicted octanol–water partition coefficient (Wildman–Crippen LogP) is 11.8. The zero-order valence-corrected chi connectivity index (χ0v) is 29.7. The minimum atomic E-state index is 0.185. The molecule has 0 saturated heterocycles. The van der Waals surface area contributed by atoms with Gasteiger partial charge < -0.3 is 10.6 Å². The summed E-state index contributed by atoms with van der Waals surface area (Å²) in [4.78, 5) is 24.3. The Balaban J connectivity index is 3.44. The van der Waals surface area contributed by atoms with E-state index in [1.807, 2.05) is 0 Å². The summed E-state index contributed by atoms with van der Waals surface area (Å²) in [5.41, 5.74) is 0. The van der Waals surface area contributed by atoms with Crippen LogP contribution in [0.2, 0.25) is 0 Å². The number of nitrogens with one attached hydrogen (secondary N) is 2. The van der Waals surface area contributed by atoms with Gasteiger partial charge in [0.2, 0.25) is 11.8 Å². The van der Waals surface area contributed by atoms with E-state index in [0.717, 1.165) is 70.8 Å². The second kappa shape index (κ2) is 35.6. The summed E-state index contributed by atoms with van der Waals surface area (Å²) in [5, 5.41) is 6.23. The van der Waals surface area contributed by atoms with E-state index in [1.54, 1.807) is 0 Å². The Morgan fingerprint density at radius 2 is 1.00 bits per heavy atom. The Morgan fingerprint density at radius 3 is 1.57 bits per heavy atom. The molecule has 4 nitrogen and oxygen atoms in total. The fourth-order valence-electron chi connectivity index (χ4n) is 5.52. The molecule has 256 valence electrons. The van der Waals surface area contributed by atoms with Crippen LogP contribution in [0.5, 0.6) is 0 Å². The molecule has 2 N–H and O–H groups in total. The lowest BCUT2D eigenvalue weighted by Gasteiger charge is -2.14. The molecule has 0 radical (unpaired) electrons. The molecule has 0 aliphatic carbocycles. The molecule has 4 heteroatoms. The van der Waals surface area contributed by atoms with Gasteiger partial charge in [0.1, 0.15) is 0 Å². The molecule has 0 spiro atoms. The topological polar surface area (TPSA) is 58.2 Å². The summed E-state index contributed by atoms with van der Waals surface area (Å²) in [5.74, 6) is 0.384. The summed E-state index contributed by atoms with van der Waals surface area (Å²) in [6.45, 7) is 7.29. The van der Waals surface area contributed by atoms with Gasteiger partial charge in [-0.15, -0.1) is 0 Å². The van der Waals surface area contributed by atoms with Crippen molar-refractivity contribution in [3.63, 3.8) is 0 Å². The molecule has 0 heterocycles. The second-order valence-corrected chi connectivity index (χ2v) is 12.9. The van der Waals surface area contributed by atoms with E-state index in [2.05, 4.69) is 67.9 Å². The summed E-state index contributed by atoms with van der Waals surface area (Å²) in [6.07, 6.45) is 45.2. The number of allylic oxidation sites excluding steroid dienone is 6. The summed E-state index contributed by atoms with van der Waals surface area (Å²) < 4.78 is 0. The second-order valence-electron chi connectivity index (χ2n) is 12.9. The summed E-state index contributed by atoms with van der Waals surface area (Å²) >= 11 is 0. The van der Waals surface area contributed by atoms with Crippen molar-refractivity contribution in [3.05, 3.63) is 36.5 Å². The fraction of sp³-hybridized carbons (Fsp3) is 0.800. The zero-order chi connectivity index (χ0) is 32.2. The Hall–Kier alpha value is -1.84. The minimum Gasteiger partial charge on any atom is -0.356 e. The van der Waals surface area contributed by atoms with Gasteiger partial charge in [0.25, 0.3) is 0 Å². The molecule has 0 saturated carbocycles. The van der Waals surface area contributed by atoms with E-state index in [9.17, 15) is 9.59 Å². The van der Waals surface area contributed by atoms with Crippen molar-refractivity contribution in [1.29, 1.82) is 0 Å². The third kappa shape index (κ3) is 34.6. The largest absolute Gasteiger partial charge is 0.356 e. The molecule has 0 rings (SSSR count). The molecule has 1 atom stereocenters. The van der Waals surface area contributed by atoms with Gasteiger partial charge in [-0.25, -0.2) is 0 Å². The van der Waals surface area contributed by atoms with Crippen LogP contribution in [0.15, 0.2) is 36.5 Å². The number of amides is 2. The number of hydrogen-bond acceptors (Lipinski definition) is 2. The van der Waals surface area contributed by atoms with Crippen LogP contribution < -0.4 is 10.6 Å². The third-order valence-corrected chi connectivity index (χ3v) is 8.36. The maximum atomic E-state index is 12.2. The van der Waals surface area contributed by atoms with Crippen LogP contribution in [0.1, 0.15) is 194 Å². The minimum absolute atomic E-state index is 0.185. The first-order valence-corrected chi connectivity index (χ1v) is 19.1. The summed E-state index contributed by atoms with van der Waals surface area (Å²) in [6, 6.07) is 0.207. The Kier molecular flexibility index (Phi) is 34.1. The molecule has 0 aliphatic heterocycles. The number of carbonyl (C=O) groups excluding carboxylic acids is 2. The Labute approximate surface area is 274 Å². The third-order valence-electron chi connectivity index (χ3n) is 8.36. The molecule has 0 unspecified atom stereocenters. The van der Waals surface area contributed by atoms with Crippen LogP contribution >= 0.6 is 0 Å². The van der Waals surface area contributed by atoms with Gasteiger partial charge in [0.15, 0.2) is 0 Å². The molecule has 44 heavy (non-hydrogen) atoms. The quantitative estimate of drug-likeness (QED) is 0.0570. The number of unbranched alkanes of at least 4 members (excludes halogenated alkanes) is 18. The standard InChI is InChI=1S/C40H74N2O2/c1-4-6-8-10-12-14-16-18-19-21-23-25-27-29-31-36-40(44)42-38(3)34-32-33-37-41-39(43)35-30-28-26-24-22-20-17-15-13-11-9-7-5-2/h6,8,12,14,18-19,38H,4-5,7,9-11,13,15-17,20-37H2,1-3H3,(H,41,43)(H,42,44)/b8-6-,14-12-,19-18-/t38-/m1/s1. The first-order valence-electron chi connectivity index (χ1n) is 19.1. The van der Waals surface area contributed by atoms with Crippen LogP contribution in [0.25, 0.3) is 0 Å². The van der Waals surface area contributed by atoms with Crippen LogP contribution in [-0.4, -0.2) is 24.4 Å². The number of rotatable bonds is 33. The molecular weight excluding hydrogens is 540 g/mol. The van der Waals surface area contributed by atoms with Gasteiger partial charge in [-0.2, -0.15) is 0 Å². The SMILES string of the molecule is CC/C=C\C/C=C\C/C=C\CCCCCCCC(=O)N[C@H](C)CCCCNC(=O)CCCCCCCCCCCCCCC. The predicted molar refractivity (Wildman–Crippen MR) is 194 cm³/mol. The van der Waals surface area contributed by atoms with Gasteiger partial charge in [-0.3, -0.25) is 9.59 Å². The van der Waals surface area contributed by atoms with Crippen molar-refractivity contribution >= 4 is 11.8 Å². The van der Waals surface area contributed by atoms with Crippen LogP contribution in [0, 0.1) is 0 Å². The van der Waals surface area contributed by atoms with E-state index < -0.39 is 0 Å². The van der Waals surface area contributed by atoms with Gasteiger partial charge in [-0.05, 0) is 71.1 Å². The van der Waals surface area contributed by atoms with Gasteiger partial charge >= 0.3 is 0 Å². The van der Waals surface area contributed by atoms with E-state index in [-0.39, 0.29) is 17.9 Å². The highest BCUT2D eigenvalue weighted by Crippen LogP contribution is 2.13. The molecule has 0 bridgehead atoms. The molecule has 0 aromatic heterocycles. The van der Waals surface area contributed by atoms with E-state index >= 15 is 0 Å². The zero-order valence-electron chi connectivity index (χ0n) is 29.7. The van der Waals surface area contributed by atoms with Gasteiger partial charge in [-0.1, -0.05) is 147 Å². The molecule has 0 aromatic rings. The first kappa shape index (κ1) is 42.2. The number of hydrogen-bond donors (Lipinski definition) is 2. The van der Waals surface area contributed by atoms with Crippen LogP contribution in [0.4, 0.5) is 0 Å². The molecule has 2 amide bonds. The summed E-state index contributed by atoms with van der Waals surface area (Å²) in [7, 11) is 0. The molecule has 0 fully saturated rings. The highest BCUT2D eigenvalue weighted by atomic mass is 16.2. The average Bonchev–Trinajstić information content (AvgIpc) is 3.01. The molecule has 0 aliphatic rings. The van der Waals surface area contributed by atoms with Crippen molar-refractivity contribution in [2.45, 2.75) is 200 Å². The average molecular weight is 615 g/mol. The van der Waals surface area contributed by atoms with Gasteiger partial charge in [0.05, 0.1) is 0 Å². The van der Waals surface area contributed by atoms with Crippen molar-refractivity contribution in [3.8, 4) is 0 Å². The van der Waals surface area contributed by atoms with E-state index in [1.165, 1.54) is 96.3 Å². The lowest BCUT2D eigenvalue weighted by atomic mass is 10.0. The van der Waals surface area contributed by atoms with Crippen molar-refractivity contribution in [1.82, 2.24) is 10.6 Å². The van der Waals surface area contributed by atoms with Crippen LogP contribution in [0.3, 0.4) is 0 Å². The lowest BCUT2D eigenvalue weighted by Crippen LogP contribution is -2.32.